The molecular weight excluding hydrogens is 365 g/mol. The van der Waals surface area contributed by atoms with Crippen LogP contribution in [0.3, 0.4) is 0 Å². The second-order valence-electron chi connectivity index (χ2n) is 5.85. The molecule has 0 aliphatic heterocycles. The molecule has 0 spiro atoms. The maximum atomic E-state index is 13.3. The summed E-state index contributed by atoms with van der Waals surface area (Å²) in [5.74, 6) is 0.478. The van der Waals surface area contributed by atoms with Gasteiger partial charge in [-0.1, -0.05) is 25.1 Å². The van der Waals surface area contributed by atoms with Gasteiger partial charge in [0.05, 0.1) is 5.75 Å². The van der Waals surface area contributed by atoms with E-state index in [1.165, 1.54) is 23.9 Å². The molecule has 2 heterocycles. The molecule has 1 aromatic carbocycles. The van der Waals surface area contributed by atoms with E-state index < -0.39 is 0 Å². The fraction of sp³-hybridized carbons (Fsp3) is 0.263. The van der Waals surface area contributed by atoms with Crippen LogP contribution in [0, 0.1) is 5.82 Å². The Bertz CT molecular complexity index is 883. The molecule has 8 heteroatoms. The Morgan fingerprint density at radius 1 is 1.15 bits per heavy atom. The van der Waals surface area contributed by atoms with Gasteiger partial charge < -0.3 is 5.32 Å². The third-order valence-electron chi connectivity index (χ3n) is 3.84. The lowest BCUT2D eigenvalue weighted by atomic mass is 10.2. The minimum Gasteiger partial charge on any atom is -0.355 e. The third kappa shape index (κ3) is 4.91. The zero-order valence-electron chi connectivity index (χ0n) is 14.9. The van der Waals surface area contributed by atoms with E-state index >= 15 is 0 Å². The Morgan fingerprint density at radius 3 is 2.59 bits per heavy atom. The van der Waals surface area contributed by atoms with Crippen LogP contribution in [0.5, 0.6) is 0 Å². The number of aromatic nitrogens is 4. The van der Waals surface area contributed by atoms with Crippen LogP contribution in [0.15, 0.2) is 53.9 Å². The average Bonchev–Trinajstić information content (AvgIpc) is 3.12. The lowest BCUT2D eigenvalue weighted by molar-refractivity contribution is -0.118. The summed E-state index contributed by atoms with van der Waals surface area (Å²) in [6, 6.07) is 9.75. The number of nitrogens with one attached hydrogen (secondary N) is 1. The molecule has 3 rings (SSSR count). The topological polar surface area (TPSA) is 72.7 Å². The van der Waals surface area contributed by atoms with Gasteiger partial charge >= 0.3 is 0 Å². The number of unbranched alkanes of at least 4 members (excludes halogenated alkanes) is 1. The highest BCUT2D eigenvalue weighted by Crippen LogP contribution is 2.27. The predicted molar refractivity (Wildman–Crippen MR) is 103 cm³/mol. The monoisotopic (exact) mass is 385 g/mol. The third-order valence-corrected chi connectivity index (χ3v) is 4.77. The highest BCUT2D eigenvalue weighted by atomic mass is 32.2. The van der Waals surface area contributed by atoms with Crippen molar-refractivity contribution in [3.05, 3.63) is 54.6 Å². The first kappa shape index (κ1) is 19.0. The number of hydrogen-bond donors (Lipinski definition) is 1. The molecule has 6 nitrogen and oxygen atoms in total. The number of halogens is 1. The summed E-state index contributed by atoms with van der Waals surface area (Å²) in [4.78, 5) is 16.0. The highest BCUT2D eigenvalue weighted by molar-refractivity contribution is 7.99. The van der Waals surface area contributed by atoms with Crippen LogP contribution < -0.4 is 5.32 Å². The van der Waals surface area contributed by atoms with E-state index in [0.717, 1.165) is 24.1 Å². The number of rotatable bonds is 8. The van der Waals surface area contributed by atoms with E-state index in [9.17, 15) is 9.18 Å². The van der Waals surface area contributed by atoms with Crippen LogP contribution in [0.2, 0.25) is 0 Å². The van der Waals surface area contributed by atoms with Crippen molar-refractivity contribution in [3.8, 4) is 17.1 Å². The summed E-state index contributed by atoms with van der Waals surface area (Å²) in [6.07, 6.45) is 5.33. The molecule has 27 heavy (non-hydrogen) atoms. The first-order valence-electron chi connectivity index (χ1n) is 8.70. The molecule has 0 saturated heterocycles. The van der Waals surface area contributed by atoms with E-state index in [1.807, 2.05) is 16.7 Å². The number of carbonyl (C=O) groups excluding carboxylic acids is 1. The highest BCUT2D eigenvalue weighted by Gasteiger charge is 2.17. The molecule has 0 aliphatic carbocycles. The molecule has 1 amide bonds. The van der Waals surface area contributed by atoms with Crippen LogP contribution in [-0.4, -0.2) is 38.0 Å². The Kier molecular flexibility index (Phi) is 6.54. The number of thioether (sulfide) groups is 1. The van der Waals surface area contributed by atoms with Crippen molar-refractivity contribution in [2.24, 2.45) is 0 Å². The van der Waals surface area contributed by atoms with Crippen LogP contribution >= 0.6 is 11.8 Å². The quantitative estimate of drug-likeness (QED) is 0.475. The molecule has 0 aliphatic rings. The van der Waals surface area contributed by atoms with Crippen molar-refractivity contribution in [3.63, 3.8) is 0 Å². The van der Waals surface area contributed by atoms with Crippen LogP contribution in [-0.2, 0) is 4.79 Å². The molecule has 1 N–H and O–H groups in total. The zero-order valence-corrected chi connectivity index (χ0v) is 15.7. The smallest absolute Gasteiger partial charge is 0.230 e. The number of nitrogens with zero attached hydrogens (tertiary/aromatic N) is 4. The van der Waals surface area contributed by atoms with E-state index in [1.54, 1.807) is 24.5 Å². The number of hydrogen-bond acceptors (Lipinski definition) is 5. The largest absolute Gasteiger partial charge is 0.355 e. The van der Waals surface area contributed by atoms with Crippen molar-refractivity contribution < 1.29 is 9.18 Å². The maximum absolute atomic E-state index is 13.3. The summed E-state index contributed by atoms with van der Waals surface area (Å²) in [5, 5.41) is 12.0. The lowest BCUT2D eigenvalue weighted by Gasteiger charge is -2.10. The van der Waals surface area contributed by atoms with Crippen molar-refractivity contribution >= 4 is 17.7 Å². The Hall–Kier alpha value is -2.74. The number of carbonyl (C=O) groups is 1. The molecule has 0 fully saturated rings. The normalized spacial score (nSPS) is 10.7. The Morgan fingerprint density at radius 2 is 1.89 bits per heavy atom. The van der Waals surface area contributed by atoms with Gasteiger partial charge in [-0.3, -0.25) is 14.3 Å². The fourth-order valence-corrected chi connectivity index (χ4v) is 3.24. The molecular formula is C19H20FN5OS. The number of benzene rings is 1. The first-order chi connectivity index (χ1) is 13.2. The van der Waals surface area contributed by atoms with Crippen LogP contribution in [0.1, 0.15) is 19.8 Å². The van der Waals surface area contributed by atoms with Crippen molar-refractivity contribution in [1.29, 1.82) is 0 Å². The molecule has 0 radical (unpaired) electrons. The first-order valence-corrected chi connectivity index (χ1v) is 9.69. The van der Waals surface area contributed by atoms with E-state index in [0.29, 0.717) is 17.5 Å². The van der Waals surface area contributed by atoms with Crippen LogP contribution in [0.25, 0.3) is 17.1 Å². The SMILES string of the molecule is CCCCNC(=O)CSc1nnc(-c2ccncc2)n1-c1ccc(F)cc1. The fourth-order valence-electron chi connectivity index (χ4n) is 2.46. The molecule has 140 valence electrons. The van der Waals surface area contributed by atoms with Gasteiger partial charge in [0.25, 0.3) is 0 Å². The Balaban J connectivity index is 1.86. The summed E-state index contributed by atoms with van der Waals surface area (Å²) in [7, 11) is 0. The molecule has 3 aromatic rings. The maximum Gasteiger partial charge on any atom is 0.230 e. The van der Waals surface area contributed by atoms with Gasteiger partial charge in [0, 0.05) is 30.2 Å². The van der Waals surface area contributed by atoms with Gasteiger partial charge in [0.2, 0.25) is 5.91 Å². The molecule has 0 saturated carbocycles. The minimum atomic E-state index is -0.318. The van der Waals surface area contributed by atoms with Crippen LogP contribution in [0.4, 0.5) is 4.39 Å². The summed E-state index contributed by atoms with van der Waals surface area (Å²) >= 11 is 1.30. The summed E-state index contributed by atoms with van der Waals surface area (Å²) in [6.45, 7) is 2.75. The van der Waals surface area contributed by atoms with E-state index in [-0.39, 0.29) is 17.5 Å². The predicted octanol–water partition coefficient (Wildman–Crippen LogP) is 3.48. The molecule has 0 unspecified atom stereocenters. The number of amides is 1. The van der Waals surface area contributed by atoms with Crippen molar-refractivity contribution in [2.45, 2.75) is 24.9 Å². The summed E-state index contributed by atoms with van der Waals surface area (Å²) < 4.78 is 15.2. The van der Waals surface area contributed by atoms with Gasteiger partial charge in [0.15, 0.2) is 11.0 Å². The lowest BCUT2D eigenvalue weighted by Crippen LogP contribution is -2.26. The van der Waals surface area contributed by atoms with Crippen molar-refractivity contribution in [2.75, 3.05) is 12.3 Å². The van der Waals surface area contributed by atoms with Gasteiger partial charge in [-0.25, -0.2) is 4.39 Å². The second-order valence-corrected chi connectivity index (χ2v) is 6.79. The molecule has 0 bridgehead atoms. The summed E-state index contributed by atoms with van der Waals surface area (Å²) in [5.41, 5.74) is 1.56. The van der Waals surface area contributed by atoms with Gasteiger partial charge in [-0.2, -0.15) is 0 Å². The standard InChI is InChI=1S/C19H20FN5OS/c1-2-3-10-22-17(26)13-27-19-24-23-18(14-8-11-21-12-9-14)25(19)16-6-4-15(20)5-7-16/h4-9,11-12H,2-3,10,13H2,1H3,(H,22,26). The van der Waals surface area contributed by atoms with Crippen molar-refractivity contribution in [1.82, 2.24) is 25.1 Å². The number of pyridine rings is 1. The Labute approximate surface area is 161 Å². The average molecular weight is 385 g/mol. The van der Waals surface area contributed by atoms with E-state index in [2.05, 4.69) is 27.4 Å². The molecule has 2 aromatic heterocycles. The molecule has 0 atom stereocenters. The minimum absolute atomic E-state index is 0.0485. The van der Waals surface area contributed by atoms with Gasteiger partial charge in [0.1, 0.15) is 5.82 Å². The van der Waals surface area contributed by atoms with E-state index in [4.69, 9.17) is 0 Å². The second kappa shape index (κ2) is 9.27. The van der Waals surface area contributed by atoms with Gasteiger partial charge in [-0.15, -0.1) is 10.2 Å². The van der Waals surface area contributed by atoms with Gasteiger partial charge in [-0.05, 0) is 42.8 Å². The zero-order chi connectivity index (χ0) is 19.1.